The highest BCUT2D eigenvalue weighted by atomic mass is 16.1. The predicted octanol–water partition coefficient (Wildman–Crippen LogP) is 4.87. The van der Waals surface area contributed by atoms with Crippen molar-refractivity contribution in [3.63, 3.8) is 0 Å². The first-order chi connectivity index (χ1) is 13.7. The van der Waals surface area contributed by atoms with Crippen molar-refractivity contribution in [3.05, 3.63) is 77.6 Å². The maximum atomic E-state index is 12.1. The maximum Gasteiger partial charge on any atom is 0.249 e. The molecule has 4 rings (SSSR count). The van der Waals surface area contributed by atoms with Crippen molar-refractivity contribution >= 4 is 27.7 Å². The van der Waals surface area contributed by atoms with Gasteiger partial charge < -0.3 is 10.3 Å². The van der Waals surface area contributed by atoms with Gasteiger partial charge in [0.1, 0.15) is 0 Å². The second-order valence-corrected chi connectivity index (χ2v) is 7.24. The highest BCUT2D eigenvalue weighted by Gasteiger charge is 2.17. The number of amides is 1. The number of carbonyl (C=O) groups is 1. The average molecular weight is 370 g/mol. The molecule has 2 N–H and O–H groups in total. The summed E-state index contributed by atoms with van der Waals surface area (Å²) in [6.45, 7) is 2.90. The summed E-state index contributed by atoms with van der Waals surface area (Å²) in [5.74, 6) is -0.411. The van der Waals surface area contributed by atoms with Crippen LogP contribution in [0.4, 0.5) is 0 Å². The van der Waals surface area contributed by atoms with Crippen LogP contribution in [0.25, 0.3) is 21.8 Å². The molecule has 28 heavy (non-hydrogen) atoms. The van der Waals surface area contributed by atoms with E-state index in [4.69, 9.17) is 5.73 Å². The Bertz CT molecular complexity index is 1130. The molecule has 0 unspecified atom stereocenters. The summed E-state index contributed by atoms with van der Waals surface area (Å²) in [4.78, 5) is 16.3. The van der Waals surface area contributed by atoms with Crippen molar-refractivity contribution in [2.75, 3.05) is 0 Å². The van der Waals surface area contributed by atoms with Gasteiger partial charge in [-0.3, -0.25) is 9.78 Å². The Hall–Kier alpha value is -3.14. The molecule has 0 aliphatic carbocycles. The number of nitrogens with two attached hydrogens (primary N) is 1. The molecule has 0 saturated carbocycles. The van der Waals surface area contributed by atoms with E-state index in [1.807, 2.05) is 24.4 Å². The summed E-state index contributed by atoms with van der Waals surface area (Å²) in [7, 11) is 0. The van der Waals surface area contributed by atoms with Crippen LogP contribution in [0.2, 0.25) is 0 Å². The molecular weight excluding hydrogens is 346 g/mol. The van der Waals surface area contributed by atoms with Crippen LogP contribution in [0.15, 0.2) is 54.9 Å². The maximum absolute atomic E-state index is 12.1. The zero-order valence-corrected chi connectivity index (χ0v) is 16.1. The number of unbranched alkanes of at least 4 members (excludes halogenated alkanes) is 2. The molecule has 2 aromatic carbocycles. The molecule has 0 spiro atoms. The number of hydrogen-bond acceptors (Lipinski definition) is 2. The number of hydrogen-bond donors (Lipinski definition) is 1. The van der Waals surface area contributed by atoms with E-state index in [9.17, 15) is 4.79 Å². The van der Waals surface area contributed by atoms with Crippen LogP contribution in [-0.4, -0.2) is 15.5 Å². The fourth-order valence-corrected chi connectivity index (χ4v) is 3.87. The van der Waals surface area contributed by atoms with Crippen LogP contribution >= 0.6 is 0 Å². The molecule has 0 aliphatic rings. The fourth-order valence-electron chi connectivity index (χ4n) is 3.87. The molecular formula is C24H24N3O. The topological polar surface area (TPSA) is 60.9 Å². The van der Waals surface area contributed by atoms with Crippen LogP contribution in [0.3, 0.4) is 0 Å². The lowest BCUT2D eigenvalue weighted by atomic mass is 10.0. The van der Waals surface area contributed by atoms with Crippen LogP contribution in [0, 0.1) is 6.07 Å². The highest BCUT2D eigenvalue weighted by Crippen LogP contribution is 2.33. The van der Waals surface area contributed by atoms with Crippen LogP contribution in [-0.2, 0) is 13.0 Å². The summed E-state index contributed by atoms with van der Waals surface area (Å²) < 4.78 is 2.24. The Balaban J connectivity index is 1.92. The van der Waals surface area contributed by atoms with Gasteiger partial charge in [-0.1, -0.05) is 38.0 Å². The van der Waals surface area contributed by atoms with Crippen molar-refractivity contribution in [1.82, 2.24) is 9.55 Å². The summed E-state index contributed by atoms with van der Waals surface area (Å²) in [5, 5.41) is 1.83. The third kappa shape index (κ3) is 3.38. The number of fused-ring (bicyclic) bond motifs is 3. The largest absolute Gasteiger partial charge is 0.366 e. The SMILES string of the molecule is CCCCCc1c[c]c2c3c(C(N)=O)cccc3n(Cc3cccnc3)c2c1. The first kappa shape index (κ1) is 18.2. The zero-order valence-electron chi connectivity index (χ0n) is 16.1. The second-order valence-electron chi connectivity index (χ2n) is 7.24. The minimum Gasteiger partial charge on any atom is -0.366 e. The number of nitrogens with zero attached hydrogens (tertiary/aromatic N) is 2. The smallest absolute Gasteiger partial charge is 0.249 e. The standard InChI is InChI=1S/C24H24N3O/c1-2-3-4-7-17-11-12-19-22(14-17)27(16-18-8-6-13-26-15-18)21-10-5-9-20(23(19)21)24(25)28/h5-6,8-11,13-15H,2-4,7,16H2,1H3,(H2,25,28). The third-order valence-electron chi connectivity index (χ3n) is 5.25. The monoisotopic (exact) mass is 370 g/mol. The van der Waals surface area contributed by atoms with Crippen LogP contribution < -0.4 is 5.73 Å². The van der Waals surface area contributed by atoms with E-state index in [-0.39, 0.29) is 0 Å². The quantitative estimate of drug-likeness (QED) is 0.472. The van der Waals surface area contributed by atoms with Gasteiger partial charge in [-0.25, -0.2) is 0 Å². The molecule has 1 amide bonds. The summed E-state index contributed by atoms with van der Waals surface area (Å²) in [6.07, 6.45) is 8.30. The van der Waals surface area contributed by atoms with E-state index in [0.717, 1.165) is 33.8 Å². The Labute approximate surface area is 165 Å². The van der Waals surface area contributed by atoms with E-state index in [1.54, 1.807) is 12.3 Å². The van der Waals surface area contributed by atoms with Gasteiger partial charge in [0.25, 0.3) is 0 Å². The molecule has 4 nitrogen and oxygen atoms in total. The van der Waals surface area contributed by atoms with E-state index in [0.29, 0.717) is 12.1 Å². The molecule has 0 saturated heterocycles. The molecule has 0 atom stereocenters. The van der Waals surface area contributed by atoms with Gasteiger partial charge in [0, 0.05) is 35.3 Å². The second kappa shape index (κ2) is 7.85. The Morgan fingerprint density at radius 1 is 1.14 bits per heavy atom. The number of primary amides is 1. The molecule has 0 bridgehead atoms. The van der Waals surface area contributed by atoms with E-state index in [2.05, 4.69) is 40.7 Å². The molecule has 0 aliphatic heterocycles. The molecule has 2 heterocycles. The number of benzene rings is 2. The Morgan fingerprint density at radius 2 is 2.04 bits per heavy atom. The predicted molar refractivity (Wildman–Crippen MR) is 113 cm³/mol. The molecule has 4 heteroatoms. The van der Waals surface area contributed by atoms with Gasteiger partial charge in [-0.05, 0) is 54.3 Å². The Morgan fingerprint density at radius 3 is 2.79 bits per heavy atom. The third-order valence-corrected chi connectivity index (χ3v) is 5.25. The molecule has 1 radical (unpaired) electrons. The number of pyridine rings is 1. The zero-order chi connectivity index (χ0) is 19.5. The molecule has 4 aromatic rings. The van der Waals surface area contributed by atoms with Crippen molar-refractivity contribution in [1.29, 1.82) is 0 Å². The van der Waals surface area contributed by atoms with Gasteiger partial charge in [0.15, 0.2) is 0 Å². The first-order valence-electron chi connectivity index (χ1n) is 9.83. The minimum atomic E-state index is -0.411. The highest BCUT2D eigenvalue weighted by molar-refractivity contribution is 6.17. The van der Waals surface area contributed by atoms with Crippen LogP contribution in [0.5, 0.6) is 0 Å². The van der Waals surface area contributed by atoms with Gasteiger partial charge in [0.05, 0.1) is 11.0 Å². The van der Waals surface area contributed by atoms with Crippen LogP contribution in [0.1, 0.15) is 47.7 Å². The number of aromatic nitrogens is 2. The number of carbonyl (C=O) groups excluding carboxylic acids is 1. The van der Waals surface area contributed by atoms with Crippen molar-refractivity contribution in [2.24, 2.45) is 5.73 Å². The number of rotatable bonds is 7. The lowest BCUT2D eigenvalue weighted by Crippen LogP contribution is -2.11. The van der Waals surface area contributed by atoms with Crippen molar-refractivity contribution in [2.45, 2.75) is 39.2 Å². The van der Waals surface area contributed by atoms with E-state index >= 15 is 0 Å². The first-order valence-corrected chi connectivity index (χ1v) is 9.83. The van der Waals surface area contributed by atoms with Crippen molar-refractivity contribution < 1.29 is 4.79 Å². The summed E-state index contributed by atoms with van der Waals surface area (Å²) in [5.41, 5.74) is 10.7. The lowest BCUT2D eigenvalue weighted by Gasteiger charge is -2.09. The van der Waals surface area contributed by atoms with Gasteiger partial charge in [-0.2, -0.15) is 0 Å². The summed E-state index contributed by atoms with van der Waals surface area (Å²) in [6, 6.07) is 17.5. The molecule has 141 valence electrons. The lowest BCUT2D eigenvalue weighted by molar-refractivity contribution is 0.100. The Kier molecular flexibility index (Phi) is 5.11. The van der Waals surface area contributed by atoms with E-state index in [1.165, 1.54) is 24.8 Å². The minimum absolute atomic E-state index is 0.411. The average Bonchev–Trinajstić information content (AvgIpc) is 3.02. The normalized spacial score (nSPS) is 11.3. The summed E-state index contributed by atoms with van der Waals surface area (Å²) >= 11 is 0. The molecule has 0 fully saturated rings. The van der Waals surface area contributed by atoms with E-state index < -0.39 is 5.91 Å². The van der Waals surface area contributed by atoms with Gasteiger partial charge in [-0.15, -0.1) is 0 Å². The fraction of sp³-hybridized carbons (Fsp3) is 0.250. The van der Waals surface area contributed by atoms with Gasteiger partial charge >= 0.3 is 0 Å². The number of aryl methyl sites for hydroxylation is 1. The molecule has 2 aromatic heterocycles. The van der Waals surface area contributed by atoms with Gasteiger partial charge in [0.2, 0.25) is 5.91 Å². The van der Waals surface area contributed by atoms with Crippen molar-refractivity contribution in [3.8, 4) is 0 Å².